The summed E-state index contributed by atoms with van der Waals surface area (Å²) in [7, 11) is 0. The van der Waals surface area contributed by atoms with E-state index >= 15 is 0 Å². The van der Waals surface area contributed by atoms with Crippen molar-refractivity contribution in [3.05, 3.63) is 11.6 Å². The lowest BCUT2D eigenvalue weighted by atomic mass is 9.93. The minimum Gasteiger partial charge on any atom is -0.309 e. The van der Waals surface area contributed by atoms with Crippen LogP contribution >= 0.6 is 11.6 Å². The van der Waals surface area contributed by atoms with Crippen molar-refractivity contribution < 1.29 is 0 Å². The van der Waals surface area contributed by atoms with Gasteiger partial charge in [-0.1, -0.05) is 31.5 Å². The van der Waals surface area contributed by atoms with Gasteiger partial charge in [-0.3, -0.25) is 4.90 Å². The van der Waals surface area contributed by atoms with Crippen molar-refractivity contribution in [3.8, 4) is 0 Å². The first-order valence-electron chi connectivity index (χ1n) is 5.70. The Labute approximate surface area is 98.7 Å². The Kier molecular flexibility index (Phi) is 4.63. The molecule has 0 radical (unpaired) electrons. The fraction of sp³-hybridized carbons (Fsp3) is 0.833. The van der Waals surface area contributed by atoms with E-state index in [1.807, 2.05) is 6.08 Å². The van der Waals surface area contributed by atoms with E-state index < -0.39 is 0 Å². The smallest absolute Gasteiger partial charge is 0.0253 e. The van der Waals surface area contributed by atoms with Gasteiger partial charge in [-0.05, 0) is 19.8 Å². The highest BCUT2D eigenvalue weighted by molar-refractivity contribution is 6.25. The van der Waals surface area contributed by atoms with Crippen molar-refractivity contribution in [1.29, 1.82) is 0 Å². The van der Waals surface area contributed by atoms with Crippen LogP contribution in [0.4, 0.5) is 0 Å². The van der Waals surface area contributed by atoms with Crippen molar-refractivity contribution in [2.75, 3.05) is 19.6 Å². The van der Waals surface area contributed by atoms with Crippen molar-refractivity contribution in [1.82, 2.24) is 10.2 Å². The molecule has 3 heteroatoms. The molecule has 1 aliphatic rings. The Morgan fingerprint density at radius 1 is 1.53 bits per heavy atom. The molecule has 2 nitrogen and oxygen atoms in total. The Morgan fingerprint density at radius 3 is 2.73 bits per heavy atom. The Hall–Kier alpha value is -0.0500. The van der Waals surface area contributed by atoms with Crippen molar-refractivity contribution >= 4 is 11.6 Å². The lowest BCUT2D eigenvalue weighted by Gasteiger charge is -2.46. The van der Waals surface area contributed by atoms with Crippen molar-refractivity contribution in [3.63, 3.8) is 0 Å². The molecule has 0 bridgehead atoms. The number of halogens is 1. The van der Waals surface area contributed by atoms with E-state index in [2.05, 4.69) is 37.9 Å². The molecule has 88 valence electrons. The topological polar surface area (TPSA) is 15.3 Å². The highest BCUT2D eigenvalue weighted by Crippen LogP contribution is 2.19. The van der Waals surface area contributed by atoms with Gasteiger partial charge in [0.2, 0.25) is 0 Å². The summed E-state index contributed by atoms with van der Waals surface area (Å²) in [4.78, 5) is 2.51. The Bertz CT molecular complexity index is 224. The summed E-state index contributed by atoms with van der Waals surface area (Å²) in [6.07, 6.45) is 2.03. The molecule has 15 heavy (non-hydrogen) atoms. The van der Waals surface area contributed by atoms with E-state index in [4.69, 9.17) is 11.6 Å². The minimum atomic E-state index is 0.214. The van der Waals surface area contributed by atoms with E-state index in [0.29, 0.717) is 12.0 Å². The van der Waals surface area contributed by atoms with Crippen LogP contribution in [0.2, 0.25) is 0 Å². The third kappa shape index (κ3) is 3.78. The maximum absolute atomic E-state index is 5.60. The first kappa shape index (κ1) is 13.0. The lowest BCUT2D eigenvalue weighted by Crippen LogP contribution is -2.62. The second-order valence-electron chi connectivity index (χ2n) is 5.37. The summed E-state index contributed by atoms with van der Waals surface area (Å²) in [6, 6.07) is 0.617. The largest absolute Gasteiger partial charge is 0.309 e. The van der Waals surface area contributed by atoms with Gasteiger partial charge in [-0.15, -0.1) is 0 Å². The standard InChI is InChI=1S/C12H23ClN2/c1-10(2)11-8-14-12(3,4)9-15(11)7-5-6-13/h5-6,10-11,14H,7-9H2,1-4H3/b6-5+. The van der Waals surface area contributed by atoms with Crippen LogP contribution in [0.3, 0.4) is 0 Å². The summed E-state index contributed by atoms with van der Waals surface area (Å²) in [6.45, 7) is 12.2. The monoisotopic (exact) mass is 230 g/mol. The van der Waals surface area contributed by atoms with Crippen molar-refractivity contribution in [2.45, 2.75) is 39.3 Å². The summed E-state index contributed by atoms with van der Waals surface area (Å²) in [5.41, 5.74) is 1.83. The molecule has 1 aliphatic heterocycles. The summed E-state index contributed by atoms with van der Waals surface area (Å²) >= 11 is 5.60. The molecular weight excluding hydrogens is 208 g/mol. The van der Waals surface area contributed by atoms with Gasteiger partial charge in [0, 0.05) is 36.8 Å². The normalized spacial score (nSPS) is 27.7. The van der Waals surface area contributed by atoms with Gasteiger partial charge in [0.25, 0.3) is 0 Å². The van der Waals surface area contributed by atoms with Crippen LogP contribution in [0.1, 0.15) is 27.7 Å². The molecule has 1 unspecified atom stereocenters. The predicted octanol–water partition coefficient (Wildman–Crippen LogP) is 2.45. The van der Waals surface area contributed by atoms with Gasteiger partial charge in [-0.25, -0.2) is 0 Å². The van der Waals surface area contributed by atoms with Gasteiger partial charge in [0.05, 0.1) is 0 Å². The molecule has 1 saturated heterocycles. The molecular formula is C12H23ClN2. The molecule has 1 fully saturated rings. The second kappa shape index (κ2) is 5.33. The quantitative estimate of drug-likeness (QED) is 0.802. The molecule has 1 atom stereocenters. The molecule has 0 aliphatic carbocycles. The molecule has 0 saturated carbocycles. The fourth-order valence-electron chi connectivity index (χ4n) is 2.22. The molecule has 1 rings (SSSR count). The van der Waals surface area contributed by atoms with E-state index in [0.717, 1.165) is 19.6 Å². The summed E-state index contributed by atoms with van der Waals surface area (Å²) in [5, 5.41) is 3.60. The van der Waals surface area contributed by atoms with Gasteiger partial charge < -0.3 is 5.32 Å². The van der Waals surface area contributed by atoms with Gasteiger partial charge in [0.1, 0.15) is 0 Å². The maximum atomic E-state index is 5.60. The van der Waals surface area contributed by atoms with Crippen LogP contribution in [0, 0.1) is 5.92 Å². The molecule has 0 amide bonds. The van der Waals surface area contributed by atoms with Crippen LogP contribution in [0.5, 0.6) is 0 Å². The number of nitrogens with zero attached hydrogens (tertiary/aromatic N) is 1. The molecule has 1 N–H and O–H groups in total. The van der Waals surface area contributed by atoms with Gasteiger partial charge in [0.15, 0.2) is 0 Å². The number of hydrogen-bond donors (Lipinski definition) is 1. The van der Waals surface area contributed by atoms with Crippen LogP contribution in [0.15, 0.2) is 11.6 Å². The average Bonchev–Trinajstić information content (AvgIpc) is 2.12. The second-order valence-corrected chi connectivity index (χ2v) is 5.62. The number of nitrogens with one attached hydrogen (secondary N) is 1. The minimum absolute atomic E-state index is 0.214. The lowest BCUT2D eigenvalue weighted by molar-refractivity contribution is 0.0805. The maximum Gasteiger partial charge on any atom is 0.0253 e. The number of piperazine rings is 1. The average molecular weight is 231 g/mol. The van der Waals surface area contributed by atoms with E-state index in [-0.39, 0.29) is 5.54 Å². The first-order valence-corrected chi connectivity index (χ1v) is 6.14. The molecule has 1 heterocycles. The molecule has 0 aromatic rings. The summed E-state index contributed by atoms with van der Waals surface area (Å²) in [5.74, 6) is 0.678. The highest BCUT2D eigenvalue weighted by Gasteiger charge is 2.32. The predicted molar refractivity (Wildman–Crippen MR) is 67.3 cm³/mol. The molecule has 0 aromatic carbocycles. The fourth-order valence-corrected chi connectivity index (χ4v) is 2.30. The van der Waals surface area contributed by atoms with Gasteiger partial charge in [-0.2, -0.15) is 0 Å². The van der Waals surface area contributed by atoms with Gasteiger partial charge >= 0.3 is 0 Å². The zero-order valence-electron chi connectivity index (χ0n) is 10.3. The third-order valence-electron chi connectivity index (χ3n) is 3.06. The number of rotatable bonds is 3. The van der Waals surface area contributed by atoms with Crippen molar-refractivity contribution in [2.24, 2.45) is 5.92 Å². The zero-order chi connectivity index (χ0) is 11.5. The SMILES string of the molecule is CC(C)C1CNC(C)(C)CN1C/C=C/Cl. The van der Waals surface area contributed by atoms with E-state index in [1.54, 1.807) is 5.54 Å². The third-order valence-corrected chi connectivity index (χ3v) is 3.23. The number of hydrogen-bond acceptors (Lipinski definition) is 2. The Morgan fingerprint density at radius 2 is 2.20 bits per heavy atom. The molecule has 0 spiro atoms. The van der Waals surface area contributed by atoms with Crippen LogP contribution in [0.25, 0.3) is 0 Å². The highest BCUT2D eigenvalue weighted by atomic mass is 35.5. The van der Waals surface area contributed by atoms with E-state index in [1.165, 1.54) is 0 Å². The Balaban J connectivity index is 2.64. The first-order chi connectivity index (χ1) is 6.96. The van der Waals surface area contributed by atoms with E-state index in [9.17, 15) is 0 Å². The van der Waals surface area contributed by atoms with Crippen LogP contribution in [-0.4, -0.2) is 36.1 Å². The summed E-state index contributed by atoms with van der Waals surface area (Å²) < 4.78 is 0. The van der Waals surface area contributed by atoms with Crippen LogP contribution < -0.4 is 5.32 Å². The molecule has 0 aromatic heterocycles. The zero-order valence-corrected chi connectivity index (χ0v) is 11.0. The van der Waals surface area contributed by atoms with Crippen LogP contribution in [-0.2, 0) is 0 Å².